The summed E-state index contributed by atoms with van der Waals surface area (Å²) in [5.74, 6) is 1.51. The molecule has 1 amide bonds. The van der Waals surface area contributed by atoms with Crippen LogP contribution in [0.5, 0.6) is 0 Å². The van der Waals surface area contributed by atoms with Crippen molar-refractivity contribution >= 4 is 22.9 Å². The van der Waals surface area contributed by atoms with Gasteiger partial charge < -0.3 is 25.9 Å². The van der Waals surface area contributed by atoms with E-state index in [1.54, 1.807) is 26.2 Å². The van der Waals surface area contributed by atoms with Crippen molar-refractivity contribution in [3.8, 4) is 11.5 Å². The van der Waals surface area contributed by atoms with Gasteiger partial charge in [0.25, 0.3) is 5.91 Å². The Bertz CT molecular complexity index is 1300. The Morgan fingerprint density at radius 2 is 2.03 bits per heavy atom. The smallest absolute Gasteiger partial charge is 0.271 e. The average molecular weight is 451 g/mol. The minimum Gasteiger partial charge on any atom is -0.383 e. The van der Waals surface area contributed by atoms with Crippen LogP contribution in [0, 0.1) is 0 Å². The summed E-state index contributed by atoms with van der Waals surface area (Å²) in [4.78, 5) is 37.5. The van der Waals surface area contributed by atoms with E-state index < -0.39 is 11.9 Å². The third-order valence-electron chi connectivity index (χ3n) is 5.00. The number of fused-ring (bicyclic) bond motifs is 1. The van der Waals surface area contributed by atoms with Crippen LogP contribution in [0.25, 0.3) is 22.7 Å². The van der Waals surface area contributed by atoms with Crippen LogP contribution in [0.3, 0.4) is 0 Å². The molecule has 4 rings (SSSR count). The van der Waals surface area contributed by atoms with E-state index >= 15 is 0 Å². The van der Waals surface area contributed by atoms with Crippen LogP contribution in [0.15, 0.2) is 23.1 Å². The van der Waals surface area contributed by atoms with Crippen molar-refractivity contribution in [2.75, 3.05) is 12.8 Å². The van der Waals surface area contributed by atoms with Gasteiger partial charge in [0.1, 0.15) is 34.9 Å². The minimum absolute atomic E-state index is 0.191. The van der Waals surface area contributed by atoms with E-state index in [0.29, 0.717) is 46.4 Å². The number of aromatic amines is 1. The Kier molecular flexibility index (Phi) is 5.77. The van der Waals surface area contributed by atoms with E-state index in [2.05, 4.69) is 45.7 Å². The third kappa shape index (κ3) is 4.51. The van der Waals surface area contributed by atoms with E-state index in [-0.39, 0.29) is 16.9 Å². The highest BCUT2D eigenvalue weighted by molar-refractivity contribution is 5.94. The number of aromatic nitrogens is 7. The first-order valence-corrected chi connectivity index (χ1v) is 10.4. The molecule has 12 heteroatoms. The number of hydrogen-bond acceptors (Lipinski definition) is 10. The number of nitrogen functional groups attached to an aromatic ring is 1. The lowest BCUT2D eigenvalue weighted by atomic mass is 9.96. The van der Waals surface area contributed by atoms with Gasteiger partial charge in [-0.2, -0.15) is 0 Å². The first kappa shape index (κ1) is 22.3. The van der Waals surface area contributed by atoms with Crippen LogP contribution >= 0.6 is 0 Å². The monoisotopic (exact) mass is 450 g/mol. The van der Waals surface area contributed by atoms with Crippen molar-refractivity contribution in [1.29, 1.82) is 0 Å². The summed E-state index contributed by atoms with van der Waals surface area (Å²) in [5, 5.41) is 9.91. The largest absolute Gasteiger partial charge is 0.383 e. The van der Waals surface area contributed by atoms with Gasteiger partial charge in [-0.25, -0.2) is 24.9 Å². The van der Waals surface area contributed by atoms with Crippen molar-refractivity contribution in [3.63, 3.8) is 0 Å². The number of rotatable bonds is 6. The number of H-pyrrole nitrogens is 1. The second-order valence-corrected chi connectivity index (χ2v) is 8.69. The van der Waals surface area contributed by atoms with E-state index in [0.717, 1.165) is 0 Å². The normalized spacial score (nSPS) is 12.8. The SMILES string of the molecule is CNCc1c(N)ncnc1C(=O)N[C@H](C)c1cc(-c2nc3nc(C(C)(C)C)ncc3[nH]2)no1. The first-order valence-electron chi connectivity index (χ1n) is 10.4. The summed E-state index contributed by atoms with van der Waals surface area (Å²) in [6.07, 6.45) is 2.97. The van der Waals surface area contributed by atoms with Gasteiger partial charge in [-0.05, 0) is 14.0 Å². The lowest BCUT2D eigenvalue weighted by Crippen LogP contribution is -2.29. The van der Waals surface area contributed by atoms with E-state index in [1.807, 2.05) is 20.8 Å². The Hall–Kier alpha value is -3.93. The predicted octanol–water partition coefficient (Wildman–Crippen LogP) is 1.89. The van der Waals surface area contributed by atoms with Gasteiger partial charge in [-0.3, -0.25) is 4.79 Å². The molecule has 4 aromatic rings. The number of amides is 1. The van der Waals surface area contributed by atoms with Gasteiger partial charge in [-0.15, -0.1) is 0 Å². The number of nitrogens with two attached hydrogens (primary N) is 1. The molecule has 12 nitrogen and oxygen atoms in total. The molecule has 4 aromatic heterocycles. The summed E-state index contributed by atoms with van der Waals surface area (Å²) in [5.41, 5.74) is 8.18. The van der Waals surface area contributed by atoms with Crippen LogP contribution in [0.4, 0.5) is 5.82 Å². The number of nitrogens with zero attached hydrogens (tertiary/aromatic N) is 6. The Balaban J connectivity index is 1.54. The molecule has 0 aliphatic carbocycles. The average Bonchev–Trinajstić information content (AvgIpc) is 3.41. The van der Waals surface area contributed by atoms with Crippen LogP contribution < -0.4 is 16.4 Å². The molecule has 4 heterocycles. The molecule has 0 unspecified atom stereocenters. The Labute approximate surface area is 189 Å². The van der Waals surface area contributed by atoms with Crippen molar-refractivity contribution in [1.82, 2.24) is 45.7 Å². The molecule has 1 atom stereocenters. The van der Waals surface area contributed by atoms with Crippen molar-refractivity contribution < 1.29 is 9.32 Å². The van der Waals surface area contributed by atoms with Crippen LogP contribution in [-0.4, -0.2) is 48.0 Å². The number of imidazole rings is 1. The Morgan fingerprint density at radius 3 is 2.76 bits per heavy atom. The lowest BCUT2D eigenvalue weighted by molar-refractivity contribution is 0.0927. The highest BCUT2D eigenvalue weighted by Gasteiger charge is 2.22. The van der Waals surface area contributed by atoms with Gasteiger partial charge >= 0.3 is 0 Å². The molecule has 172 valence electrons. The number of anilines is 1. The zero-order valence-corrected chi connectivity index (χ0v) is 19.1. The molecule has 0 aliphatic heterocycles. The van der Waals surface area contributed by atoms with Gasteiger partial charge in [0.2, 0.25) is 0 Å². The molecule has 0 aromatic carbocycles. The van der Waals surface area contributed by atoms with Gasteiger partial charge in [0.05, 0.1) is 12.2 Å². The van der Waals surface area contributed by atoms with E-state index in [4.69, 9.17) is 10.3 Å². The first-order chi connectivity index (χ1) is 15.7. The maximum absolute atomic E-state index is 12.8. The second kappa shape index (κ2) is 8.54. The Morgan fingerprint density at radius 1 is 1.24 bits per heavy atom. The van der Waals surface area contributed by atoms with E-state index in [9.17, 15) is 4.79 Å². The van der Waals surface area contributed by atoms with Crippen LogP contribution in [0.1, 0.15) is 61.4 Å². The molecule has 0 spiro atoms. The highest BCUT2D eigenvalue weighted by Crippen LogP contribution is 2.24. The molecular formula is C21H26N10O2. The van der Waals surface area contributed by atoms with Crippen molar-refractivity contribution in [2.24, 2.45) is 0 Å². The summed E-state index contributed by atoms with van der Waals surface area (Å²) in [6, 6.07) is 1.23. The van der Waals surface area contributed by atoms with Crippen LogP contribution in [0.2, 0.25) is 0 Å². The van der Waals surface area contributed by atoms with Gasteiger partial charge in [0.15, 0.2) is 17.2 Å². The predicted molar refractivity (Wildman–Crippen MR) is 121 cm³/mol. The highest BCUT2D eigenvalue weighted by atomic mass is 16.5. The lowest BCUT2D eigenvalue weighted by Gasteiger charge is -2.15. The topological polar surface area (TPSA) is 173 Å². The second-order valence-electron chi connectivity index (χ2n) is 8.69. The molecule has 0 bridgehead atoms. The molecule has 5 N–H and O–H groups in total. The van der Waals surface area contributed by atoms with Crippen molar-refractivity contribution in [2.45, 2.75) is 45.7 Å². The van der Waals surface area contributed by atoms with Gasteiger partial charge in [0, 0.05) is 23.6 Å². The summed E-state index contributed by atoms with van der Waals surface area (Å²) in [7, 11) is 1.75. The molecule has 0 aliphatic rings. The third-order valence-corrected chi connectivity index (χ3v) is 5.00. The van der Waals surface area contributed by atoms with Crippen LogP contribution in [-0.2, 0) is 12.0 Å². The standard InChI is InChI=1S/C21H26N10O2/c1-10(27-19(32)15-11(7-23-5)16(22)26-9-25-15)14-6-12(31-33-14)17-28-13-8-24-20(21(2,3)4)30-18(13)29-17/h6,8-10,23H,7H2,1-5H3,(H,27,32)(H2,22,25,26)(H,24,28,29,30)/t10-/m1/s1. The summed E-state index contributed by atoms with van der Waals surface area (Å²) >= 11 is 0. The van der Waals surface area contributed by atoms with Gasteiger partial charge in [-0.1, -0.05) is 25.9 Å². The van der Waals surface area contributed by atoms with E-state index in [1.165, 1.54) is 6.33 Å². The zero-order chi connectivity index (χ0) is 23.8. The maximum atomic E-state index is 12.8. The maximum Gasteiger partial charge on any atom is 0.271 e. The fraction of sp³-hybridized carbons (Fsp3) is 0.381. The molecule has 0 radical (unpaired) electrons. The number of hydrogen-bond donors (Lipinski definition) is 4. The summed E-state index contributed by atoms with van der Waals surface area (Å²) in [6.45, 7) is 8.27. The molecule has 0 saturated carbocycles. The summed E-state index contributed by atoms with van der Waals surface area (Å²) < 4.78 is 5.46. The number of carbonyl (C=O) groups is 1. The van der Waals surface area contributed by atoms with Crippen molar-refractivity contribution in [3.05, 3.63) is 41.4 Å². The molecule has 0 saturated heterocycles. The number of carbonyl (C=O) groups excluding carboxylic acids is 1. The molecule has 0 fully saturated rings. The minimum atomic E-state index is -0.478. The molecule has 33 heavy (non-hydrogen) atoms. The quantitative estimate of drug-likeness (QED) is 0.339. The fourth-order valence-electron chi connectivity index (χ4n) is 3.20. The zero-order valence-electron chi connectivity index (χ0n) is 19.1. The molecular weight excluding hydrogens is 424 g/mol. The number of nitrogens with one attached hydrogen (secondary N) is 3. The fourth-order valence-corrected chi connectivity index (χ4v) is 3.20.